The van der Waals surface area contributed by atoms with Gasteiger partial charge in [-0.15, -0.1) is 0 Å². The van der Waals surface area contributed by atoms with Gasteiger partial charge in [0.1, 0.15) is 0 Å². The minimum Gasteiger partial charge on any atom is -0.424 e. The van der Waals surface area contributed by atoms with E-state index in [1.807, 2.05) is 0 Å². The van der Waals surface area contributed by atoms with Gasteiger partial charge >= 0.3 is 18.1 Å². The largest absolute Gasteiger partial charge is 0.492 e. The third-order valence-corrected chi connectivity index (χ3v) is 6.06. The maximum absolute atomic E-state index is 13.6. The van der Waals surface area contributed by atoms with Crippen molar-refractivity contribution in [1.82, 2.24) is 10.3 Å². The molecule has 8 nitrogen and oxygen atoms in total. The fourth-order valence-electron chi connectivity index (χ4n) is 2.65. The van der Waals surface area contributed by atoms with E-state index in [-0.39, 0.29) is 21.5 Å². The fourth-order valence-corrected chi connectivity index (χ4v) is 4.28. The number of carbonyl (C=O) groups excluding carboxylic acids is 1. The number of nitrogens with one attached hydrogen (secondary N) is 2. The van der Waals surface area contributed by atoms with E-state index >= 15 is 0 Å². The van der Waals surface area contributed by atoms with Crippen LogP contribution >= 0.6 is 11.3 Å². The number of thiazole rings is 1. The second kappa shape index (κ2) is 6.74. The van der Waals surface area contributed by atoms with Crippen LogP contribution in [0.15, 0.2) is 47.4 Å². The van der Waals surface area contributed by atoms with Gasteiger partial charge in [-0.2, -0.15) is 13.2 Å². The molecule has 1 aromatic heterocycles. The second-order valence-electron chi connectivity index (χ2n) is 6.27. The molecule has 1 aliphatic rings. The number of aromatic nitrogens is 1. The van der Waals surface area contributed by atoms with Gasteiger partial charge in [0.15, 0.2) is 26.5 Å². The summed E-state index contributed by atoms with van der Waals surface area (Å²) in [5.74, 6) is -3.76. The average molecular weight is 459 g/mol. The third-order valence-electron chi connectivity index (χ3n) is 4.02. The van der Waals surface area contributed by atoms with Gasteiger partial charge in [-0.25, -0.2) is 18.2 Å². The molecule has 0 bridgehead atoms. The Kier molecular flexibility index (Phi) is 4.54. The van der Waals surface area contributed by atoms with E-state index in [1.54, 1.807) is 5.32 Å². The van der Waals surface area contributed by atoms with E-state index in [4.69, 9.17) is 9.47 Å². The summed E-state index contributed by atoms with van der Waals surface area (Å²) in [4.78, 5) is 16.4. The third kappa shape index (κ3) is 3.61. The summed E-state index contributed by atoms with van der Waals surface area (Å²) in [5, 5.41) is 3.81. The van der Waals surface area contributed by atoms with Crippen molar-refractivity contribution < 1.29 is 35.9 Å². The lowest BCUT2D eigenvalue weighted by Gasteiger charge is -2.29. The quantitative estimate of drug-likeness (QED) is 0.621. The van der Waals surface area contributed by atoms with Gasteiger partial charge in [-0.3, -0.25) is 10.6 Å². The molecular weight excluding hydrogens is 447 g/mol. The number of alkyl halides is 3. The summed E-state index contributed by atoms with van der Waals surface area (Å²) in [7, 11) is -3.45. The summed E-state index contributed by atoms with van der Waals surface area (Å²) in [5.41, 5.74) is 0.369. The maximum atomic E-state index is 13.6. The first kappa shape index (κ1) is 20.2. The first-order chi connectivity index (χ1) is 14.0. The highest BCUT2D eigenvalue weighted by Crippen LogP contribution is 2.45. The molecule has 0 spiro atoms. The molecule has 2 heterocycles. The van der Waals surface area contributed by atoms with E-state index < -0.39 is 28.0 Å². The van der Waals surface area contributed by atoms with Crippen LogP contribution in [0.5, 0.6) is 11.5 Å². The van der Waals surface area contributed by atoms with Crippen LogP contribution in [0.4, 0.5) is 23.1 Å². The molecule has 13 heteroatoms. The number of fused-ring (bicyclic) bond motifs is 2. The number of ether oxygens (including phenoxy) is 2. The number of urea groups is 1. The number of para-hydroxylation sites is 2. The van der Waals surface area contributed by atoms with Crippen molar-refractivity contribution in [2.24, 2.45) is 0 Å². The van der Waals surface area contributed by atoms with Gasteiger partial charge in [0, 0.05) is 6.26 Å². The molecule has 0 saturated carbocycles. The van der Waals surface area contributed by atoms with Crippen LogP contribution in [0, 0.1) is 0 Å². The molecule has 30 heavy (non-hydrogen) atoms. The average Bonchev–Trinajstić information content (AvgIpc) is 3.20. The molecule has 0 radical (unpaired) electrons. The molecule has 158 valence electrons. The van der Waals surface area contributed by atoms with Crippen LogP contribution in [-0.2, 0) is 9.84 Å². The van der Waals surface area contributed by atoms with Gasteiger partial charge in [0.2, 0.25) is 0 Å². The molecule has 1 aliphatic heterocycles. The Morgan fingerprint density at radius 2 is 1.77 bits per heavy atom. The lowest BCUT2D eigenvalue weighted by molar-refractivity contribution is -0.317. The van der Waals surface area contributed by atoms with Crippen molar-refractivity contribution in [3.63, 3.8) is 0 Å². The molecule has 3 aromatic rings. The zero-order chi connectivity index (χ0) is 21.7. The smallest absolute Gasteiger partial charge is 0.424 e. The van der Waals surface area contributed by atoms with Gasteiger partial charge in [-0.1, -0.05) is 23.5 Å². The van der Waals surface area contributed by atoms with Crippen molar-refractivity contribution in [2.75, 3.05) is 11.6 Å². The molecule has 0 aliphatic carbocycles. The number of sulfone groups is 1. The molecule has 0 unspecified atom stereocenters. The topological polar surface area (TPSA) is 107 Å². The Bertz CT molecular complexity index is 1230. The Morgan fingerprint density at radius 3 is 2.33 bits per heavy atom. The number of rotatable bonds is 3. The molecule has 0 saturated heterocycles. The summed E-state index contributed by atoms with van der Waals surface area (Å²) in [6, 6.07) is 8.33. The van der Waals surface area contributed by atoms with E-state index in [0.29, 0.717) is 10.2 Å². The number of nitrogens with zero attached hydrogens (tertiary/aromatic N) is 1. The van der Waals surface area contributed by atoms with Gasteiger partial charge < -0.3 is 9.47 Å². The number of hydrogen-bond donors (Lipinski definition) is 2. The van der Waals surface area contributed by atoms with Crippen LogP contribution in [0.2, 0.25) is 0 Å². The lowest BCUT2D eigenvalue weighted by atomic mass is 10.3. The zero-order valence-corrected chi connectivity index (χ0v) is 16.6. The van der Waals surface area contributed by atoms with E-state index in [9.17, 15) is 26.4 Å². The first-order valence-electron chi connectivity index (χ1n) is 8.20. The van der Waals surface area contributed by atoms with Gasteiger partial charge in [0.25, 0.3) is 0 Å². The monoisotopic (exact) mass is 459 g/mol. The highest BCUT2D eigenvalue weighted by molar-refractivity contribution is 7.90. The molecule has 0 fully saturated rings. The fraction of sp³-hybridized carbons (Fsp3) is 0.176. The van der Waals surface area contributed by atoms with Crippen molar-refractivity contribution in [2.45, 2.75) is 17.0 Å². The minimum atomic E-state index is -5.10. The Balaban J connectivity index is 1.56. The minimum absolute atomic E-state index is 0.0408. The van der Waals surface area contributed by atoms with Crippen molar-refractivity contribution >= 4 is 42.6 Å². The number of halogens is 3. The number of anilines is 1. The predicted octanol–water partition coefficient (Wildman–Crippen LogP) is 3.51. The van der Waals surface area contributed by atoms with E-state index in [0.717, 1.165) is 17.6 Å². The summed E-state index contributed by atoms with van der Waals surface area (Å²) in [6.07, 6.45) is -4.06. The van der Waals surface area contributed by atoms with E-state index in [1.165, 1.54) is 42.5 Å². The molecule has 2 N–H and O–H groups in total. The molecule has 0 atom stereocenters. The van der Waals surface area contributed by atoms with Crippen LogP contribution in [0.3, 0.4) is 0 Å². The van der Waals surface area contributed by atoms with Gasteiger partial charge in [-0.05, 0) is 30.3 Å². The maximum Gasteiger partial charge on any atom is 0.492 e. The van der Waals surface area contributed by atoms with Gasteiger partial charge in [0.05, 0.1) is 15.1 Å². The highest BCUT2D eigenvalue weighted by atomic mass is 32.2. The van der Waals surface area contributed by atoms with Crippen molar-refractivity contribution in [1.29, 1.82) is 0 Å². The Morgan fingerprint density at radius 1 is 1.13 bits per heavy atom. The Hall–Kier alpha value is -3.06. The highest BCUT2D eigenvalue weighted by Gasteiger charge is 2.65. The number of benzene rings is 2. The standard InChI is InChI=1S/C17H12F3N3O5S2/c1-30(25,26)9-6-7-10-13(8-9)29-15(21-10)22-14(24)23-17(16(18,19)20)27-11-4-2-3-5-12(11)28-17/h2-8H,1H3,(H2,21,22,23,24). The first-order valence-corrected chi connectivity index (χ1v) is 10.9. The number of hydrogen-bond acceptors (Lipinski definition) is 7. The zero-order valence-electron chi connectivity index (χ0n) is 15.0. The lowest BCUT2D eigenvalue weighted by Crippen LogP contribution is -2.65. The Labute approximate surface area is 171 Å². The van der Waals surface area contributed by atoms with Crippen LogP contribution in [0.1, 0.15) is 0 Å². The molecule has 2 amide bonds. The van der Waals surface area contributed by atoms with E-state index in [2.05, 4.69) is 10.3 Å². The van der Waals surface area contributed by atoms with Crippen molar-refractivity contribution in [3.8, 4) is 11.5 Å². The molecular formula is C17H12F3N3O5S2. The van der Waals surface area contributed by atoms with Crippen LogP contribution < -0.4 is 20.1 Å². The normalized spacial score (nSPS) is 15.2. The summed E-state index contributed by atoms with van der Waals surface area (Å²) in [6.45, 7) is 0. The molecule has 4 rings (SSSR count). The number of carbonyl (C=O) groups is 1. The summed E-state index contributed by atoms with van der Waals surface area (Å²) >= 11 is 0.897. The van der Waals surface area contributed by atoms with Crippen LogP contribution in [0.25, 0.3) is 10.2 Å². The van der Waals surface area contributed by atoms with Crippen molar-refractivity contribution in [3.05, 3.63) is 42.5 Å². The molecule has 2 aromatic carbocycles. The second-order valence-corrected chi connectivity index (χ2v) is 9.31. The predicted molar refractivity (Wildman–Crippen MR) is 101 cm³/mol. The van der Waals surface area contributed by atoms with Crippen LogP contribution in [-0.4, -0.2) is 37.8 Å². The SMILES string of the molecule is CS(=O)(=O)c1ccc2nc(NC(=O)NC3(C(F)(F)F)Oc4ccccc4O3)sc2c1. The summed E-state index contributed by atoms with van der Waals surface area (Å²) < 4.78 is 74.4. The number of amides is 2.